The monoisotopic (exact) mass is 384 g/mol. The van der Waals surface area contributed by atoms with Crippen molar-refractivity contribution in [3.05, 3.63) is 65.0 Å². The standard InChI is InChI=1S/C20H20N2O4S/c1-13-4-7-17(10-14(13)2)25-11-19-21-22-20(26-19)27-12-18(23)15-5-8-16(24-3)9-6-15/h4-10H,11-12H2,1-3H3. The minimum atomic E-state index is -0.0196. The maximum Gasteiger partial charge on any atom is 0.277 e. The molecular weight excluding hydrogens is 364 g/mol. The van der Waals surface area contributed by atoms with Gasteiger partial charge in [-0.05, 0) is 61.4 Å². The van der Waals surface area contributed by atoms with E-state index in [2.05, 4.69) is 10.2 Å². The summed E-state index contributed by atoms with van der Waals surface area (Å²) in [6.07, 6.45) is 0. The van der Waals surface area contributed by atoms with Crippen LogP contribution in [-0.4, -0.2) is 28.8 Å². The topological polar surface area (TPSA) is 74.5 Å². The molecule has 0 amide bonds. The van der Waals surface area contributed by atoms with Gasteiger partial charge < -0.3 is 13.9 Å². The molecule has 0 N–H and O–H groups in total. The number of aryl methyl sites for hydroxylation is 2. The maximum absolute atomic E-state index is 12.2. The average molecular weight is 384 g/mol. The van der Waals surface area contributed by atoms with Crippen LogP contribution in [0, 0.1) is 13.8 Å². The number of rotatable bonds is 8. The molecule has 0 saturated carbocycles. The number of ether oxygens (including phenoxy) is 2. The van der Waals surface area contributed by atoms with Crippen LogP contribution in [0.25, 0.3) is 0 Å². The van der Waals surface area contributed by atoms with Gasteiger partial charge in [0.1, 0.15) is 11.5 Å². The summed E-state index contributed by atoms with van der Waals surface area (Å²) >= 11 is 1.20. The molecule has 0 aliphatic rings. The van der Waals surface area contributed by atoms with Gasteiger partial charge in [0.05, 0.1) is 12.9 Å². The van der Waals surface area contributed by atoms with Crippen LogP contribution in [0.5, 0.6) is 11.5 Å². The third-order valence-corrected chi connectivity index (χ3v) is 4.85. The summed E-state index contributed by atoms with van der Waals surface area (Å²) in [5.41, 5.74) is 2.98. The van der Waals surface area contributed by atoms with Crippen molar-refractivity contribution in [2.75, 3.05) is 12.9 Å². The number of thioether (sulfide) groups is 1. The van der Waals surface area contributed by atoms with E-state index in [1.54, 1.807) is 31.4 Å². The van der Waals surface area contributed by atoms with Crippen molar-refractivity contribution in [3.63, 3.8) is 0 Å². The average Bonchev–Trinajstić information content (AvgIpc) is 3.15. The third-order valence-electron chi connectivity index (χ3n) is 4.03. The van der Waals surface area contributed by atoms with Crippen molar-refractivity contribution < 1.29 is 18.7 Å². The SMILES string of the molecule is COc1ccc(C(=O)CSc2nnc(COc3ccc(C)c(C)c3)o2)cc1. The van der Waals surface area contributed by atoms with Crippen molar-refractivity contribution in [1.29, 1.82) is 0 Å². The predicted octanol–water partition coefficient (Wildman–Crippen LogP) is 4.25. The van der Waals surface area contributed by atoms with Crippen molar-refractivity contribution in [2.24, 2.45) is 0 Å². The molecule has 27 heavy (non-hydrogen) atoms. The van der Waals surface area contributed by atoms with Gasteiger partial charge in [0.15, 0.2) is 12.4 Å². The largest absolute Gasteiger partial charge is 0.497 e. The molecule has 3 rings (SSSR count). The van der Waals surface area contributed by atoms with Crippen LogP contribution in [0.3, 0.4) is 0 Å². The fourth-order valence-corrected chi connectivity index (χ4v) is 2.97. The number of benzene rings is 2. The van der Waals surface area contributed by atoms with Crippen molar-refractivity contribution in [2.45, 2.75) is 25.7 Å². The first-order valence-corrected chi connectivity index (χ1v) is 9.36. The smallest absolute Gasteiger partial charge is 0.277 e. The molecule has 6 nitrogen and oxygen atoms in total. The van der Waals surface area contributed by atoms with Crippen molar-refractivity contribution >= 4 is 17.5 Å². The lowest BCUT2D eigenvalue weighted by atomic mass is 10.1. The minimum Gasteiger partial charge on any atom is -0.497 e. The molecule has 1 aromatic heterocycles. The fourth-order valence-electron chi connectivity index (χ4n) is 2.29. The Bertz CT molecular complexity index is 922. The molecular formula is C20H20N2O4S. The molecule has 0 spiro atoms. The van der Waals surface area contributed by atoms with E-state index in [4.69, 9.17) is 13.9 Å². The van der Waals surface area contributed by atoms with Crippen LogP contribution in [0.1, 0.15) is 27.4 Å². The molecule has 0 saturated heterocycles. The zero-order valence-corrected chi connectivity index (χ0v) is 16.2. The number of carbonyl (C=O) groups excluding carboxylic acids is 1. The highest BCUT2D eigenvalue weighted by molar-refractivity contribution is 7.99. The fraction of sp³-hybridized carbons (Fsp3) is 0.250. The van der Waals surface area contributed by atoms with Crippen molar-refractivity contribution in [3.8, 4) is 11.5 Å². The van der Waals surface area contributed by atoms with E-state index < -0.39 is 0 Å². The van der Waals surface area contributed by atoms with Gasteiger partial charge in [-0.1, -0.05) is 17.8 Å². The van der Waals surface area contributed by atoms with Gasteiger partial charge in [-0.15, -0.1) is 10.2 Å². The molecule has 0 radical (unpaired) electrons. The molecule has 0 aliphatic carbocycles. The Hall–Kier alpha value is -2.80. The second kappa shape index (κ2) is 8.73. The second-order valence-electron chi connectivity index (χ2n) is 5.94. The van der Waals surface area contributed by atoms with Gasteiger partial charge in [-0.2, -0.15) is 0 Å². The number of aromatic nitrogens is 2. The van der Waals surface area contributed by atoms with Gasteiger partial charge in [0, 0.05) is 5.56 Å². The number of ketones is 1. The molecule has 140 valence electrons. The van der Waals surface area contributed by atoms with E-state index >= 15 is 0 Å². The van der Waals surface area contributed by atoms with Gasteiger partial charge in [0.2, 0.25) is 0 Å². The minimum absolute atomic E-state index is 0.0196. The molecule has 0 unspecified atom stereocenters. The number of methoxy groups -OCH3 is 1. The van der Waals surface area contributed by atoms with Crippen LogP contribution in [-0.2, 0) is 6.61 Å². The second-order valence-corrected chi connectivity index (χ2v) is 6.86. The first-order valence-electron chi connectivity index (χ1n) is 8.37. The van der Waals surface area contributed by atoms with E-state index in [1.807, 2.05) is 32.0 Å². The van der Waals surface area contributed by atoms with Crippen LogP contribution in [0.4, 0.5) is 0 Å². The summed E-state index contributed by atoms with van der Waals surface area (Å²) in [5, 5.41) is 8.24. The highest BCUT2D eigenvalue weighted by Gasteiger charge is 2.12. The zero-order chi connectivity index (χ0) is 19.2. The Kier molecular flexibility index (Phi) is 6.13. The lowest BCUT2D eigenvalue weighted by Crippen LogP contribution is -2.02. The van der Waals surface area contributed by atoms with Crippen LogP contribution in [0.15, 0.2) is 52.1 Å². The van der Waals surface area contributed by atoms with Gasteiger partial charge >= 0.3 is 0 Å². The molecule has 0 fully saturated rings. The molecule has 3 aromatic rings. The van der Waals surface area contributed by atoms with Gasteiger partial charge in [0.25, 0.3) is 11.1 Å². The molecule has 0 atom stereocenters. The lowest BCUT2D eigenvalue weighted by Gasteiger charge is -2.05. The zero-order valence-electron chi connectivity index (χ0n) is 15.4. The Morgan fingerprint density at radius 1 is 1.04 bits per heavy atom. The third kappa shape index (κ3) is 5.10. The van der Waals surface area contributed by atoms with Crippen molar-refractivity contribution in [1.82, 2.24) is 10.2 Å². The number of hydrogen-bond acceptors (Lipinski definition) is 7. The number of Topliss-reactive ketones (excluding diaryl/α,β-unsaturated/α-hetero) is 1. The number of carbonyl (C=O) groups is 1. The molecule has 2 aromatic carbocycles. The van der Waals surface area contributed by atoms with E-state index in [0.717, 1.165) is 11.3 Å². The lowest BCUT2D eigenvalue weighted by molar-refractivity contribution is 0.102. The van der Waals surface area contributed by atoms with Gasteiger partial charge in [-0.3, -0.25) is 4.79 Å². The predicted molar refractivity (Wildman–Crippen MR) is 103 cm³/mol. The van der Waals surface area contributed by atoms with Crippen LogP contribution in [0.2, 0.25) is 0 Å². The van der Waals surface area contributed by atoms with E-state index in [-0.39, 0.29) is 18.1 Å². The summed E-state index contributed by atoms with van der Waals surface area (Å²) in [6.45, 7) is 4.26. The molecule has 0 aliphatic heterocycles. The Balaban J connectivity index is 1.51. The Morgan fingerprint density at radius 3 is 2.48 bits per heavy atom. The molecule has 0 bridgehead atoms. The molecule has 1 heterocycles. The van der Waals surface area contributed by atoms with Gasteiger partial charge in [-0.25, -0.2) is 0 Å². The Labute approximate surface area is 161 Å². The highest BCUT2D eigenvalue weighted by atomic mass is 32.2. The molecule has 7 heteroatoms. The maximum atomic E-state index is 12.2. The summed E-state index contributed by atoms with van der Waals surface area (Å²) in [5.74, 6) is 2.03. The number of nitrogens with zero attached hydrogens (tertiary/aromatic N) is 2. The Morgan fingerprint density at radius 2 is 1.78 bits per heavy atom. The summed E-state index contributed by atoms with van der Waals surface area (Å²) < 4.78 is 16.3. The highest BCUT2D eigenvalue weighted by Crippen LogP contribution is 2.21. The van der Waals surface area contributed by atoms with E-state index in [0.29, 0.717) is 22.4 Å². The quantitative estimate of drug-likeness (QED) is 0.424. The summed E-state index contributed by atoms with van der Waals surface area (Å²) in [4.78, 5) is 12.2. The first kappa shape index (κ1) is 19.0. The summed E-state index contributed by atoms with van der Waals surface area (Å²) in [6, 6.07) is 12.9. The van der Waals surface area contributed by atoms with Crippen LogP contribution >= 0.6 is 11.8 Å². The number of hydrogen-bond donors (Lipinski definition) is 0. The summed E-state index contributed by atoms with van der Waals surface area (Å²) in [7, 11) is 1.59. The van der Waals surface area contributed by atoms with E-state index in [9.17, 15) is 4.79 Å². The van der Waals surface area contributed by atoms with Crippen LogP contribution < -0.4 is 9.47 Å². The normalized spacial score (nSPS) is 10.6. The first-order chi connectivity index (χ1) is 13.0. The van der Waals surface area contributed by atoms with E-state index in [1.165, 1.54) is 17.3 Å².